The Morgan fingerprint density at radius 1 is 1.20 bits per heavy atom. The van der Waals surface area contributed by atoms with E-state index in [2.05, 4.69) is 15.6 Å². The van der Waals surface area contributed by atoms with Crippen molar-refractivity contribution < 1.29 is 19.0 Å². The first kappa shape index (κ1) is 18.5. The molecule has 1 aromatic carbocycles. The third-order valence-corrected chi connectivity index (χ3v) is 3.31. The van der Waals surface area contributed by atoms with E-state index in [1.807, 2.05) is 31.2 Å². The Morgan fingerprint density at radius 3 is 2.68 bits per heavy atom. The summed E-state index contributed by atoms with van der Waals surface area (Å²) in [6.07, 6.45) is 1.66. The van der Waals surface area contributed by atoms with Gasteiger partial charge in [0.15, 0.2) is 0 Å². The molecule has 2 aromatic rings. The molecule has 0 aliphatic heterocycles. The summed E-state index contributed by atoms with van der Waals surface area (Å²) < 4.78 is 15.8. The quantitative estimate of drug-likeness (QED) is 0.769. The molecular formula is C18H23N3O4. The standard InChI is InChI=1S/C18H23N3O4/c1-13(12-23-2)21-18(22)20-11-14-7-8-17(19-10-14)25-16-6-4-5-15(9-16)24-3/h4-10,13H,11-12H2,1-3H3,(H2,20,21,22)/t13-/m0/s1. The average Bonchev–Trinajstić information content (AvgIpc) is 2.61. The van der Waals surface area contributed by atoms with Gasteiger partial charge in [-0.1, -0.05) is 12.1 Å². The van der Waals surface area contributed by atoms with Crippen LogP contribution in [0.1, 0.15) is 12.5 Å². The molecule has 0 unspecified atom stereocenters. The lowest BCUT2D eigenvalue weighted by Gasteiger charge is -2.13. The molecule has 0 fully saturated rings. The van der Waals surface area contributed by atoms with Crippen LogP contribution in [0.4, 0.5) is 4.79 Å². The Morgan fingerprint density at radius 2 is 2.00 bits per heavy atom. The molecule has 0 spiro atoms. The zero-order valence-electron chi connectivity index (χ0n) is 14.6. The lowest BCUT2D eigenvalue weighted by molar-refractivity contribution is 0.171. The van der Waals surface area contributed by atoms with Crippen LogP contribution in [0.3, 0.4) is 0 Å². The molecule has 1 heterocycles. The highest BCUT2D eigenvalue weighted by Gasteiger charge is 2.06. The normalized spacial score (nSPS) is 11.5. The molecule has 25 heavy (non-hydrogen) atoms. The van der Waals surface area contributed by atoms with Gasteiger partial charge in [-0.3, -0.25) is 0 Å². The number of carbonyl (C=O) groups is 1. The molecule has 0 aliphatic rings. The van der Waals surface area contributed by atoms with Crippen LogP contribution >= 0.6 is 0 Å². The van der Waals surface area contributed by atoms with Crippen LogP contribution in [0, 0.1) is 0 Å². The van der Waals surface area contributed by atoms with Crippen LogP contribution in [0.25, 0.3) is 0 Å². The molecule has 134 valence electrons. The van der Waals surface area contributed by atoms with Gasteiger partial charge in [-0.05, 0) is 24.6 Å². The van der Waals surface area contributed by atoms with E-state index in [0.29, 0.717) is 30.5 Å². The van der Waals surface area contributed by atoms with Crippen molar-refractivity contribution in [1.29, 1.82) is 0 Å². The number of aromatic nitrogens is 1. The van der Waals surface area contributed by atoms with E-state index in [0.717, 1.165) is 5.56 Å². The van der Waals surface area contributed by atoms with Crippen molar-refractivity contribution >= 4 is 6.03 Å². The third kappa shape index (κ3) is 6.31. The molecule has 1 atom stereocenters. The maximum atomic E-state index is 11.7. The fourth-order valence-electron chi connectivity index (χ4n) is 2.11. The second-order valence-corrected chi connectivity index (χ2v) is 5.47. The van der Waals surface area contributed by atoms with E-state index in [4.69, 9.17) is 14.2 Å². The van der Waals surface area contributed by atoms with Gasteiger partial charge in [0.1, 0.15) is 11.5 Å². The molecule has 1 aromatic heterocycles. The molecule has 0 bridgehead atoms. The van der Waals surface area contributed by atoms with Crippen LogP contribution < -0.4 is 20.1 Å². The first-order valence-electron chi connectivity index (χ1n) is 7.91. The van der Waals surface area contributed by atoms with Crippen LogP contribution in [-0.4, -0.2) is 37.9 Å². The molecule has 0 aliphatic carbocycles. The fourth-order valence-corrected chi connectivity index (χ4v) is 2.11. The topological polar surface area (TPSA) is 81.7 Å². The second-order valence-electron chi connectivity index (χ2n) is 5.47. The highest BCUT2D eigenvalue weighted by molar-refractivity contribution is 5.74. The first-order valence-corrected chi connectivity index (χ1v) is 7.91. The van der Waals surface area contributed by atoms with E-state index in [1.54, 1.807) is 32.5 Å². The number of urea groups is 1. The Bertz CT molecular complexity index is 676. The summed E-state index contributed by atoms with van der Waals surface area (Å²) in [5, 5.41) is 5.54. The Labute approximate surface area is 147 Å². The number of amides is 2. The predicted molar refractivity (Wildman–Crippen MR) is 94.0 cm³/mol. The number of methoxy groups -OCH3 is 2. The number of pyridine rings is 1. The summed E-state index contributed by atoms with van der Waals surface area (Å²) in [7, 11) is 3.20. The Hall–Kier alpha value is -2.80. The van der Waals surface area contributed by atoms with Crippen LogP contribution in [-0.2, 0) is 11.3 Å². The van der Waals surface area contributed by atoms with Crippen molar-refractivity contribution in [2.24, 2.45) is 0 Å². The predicted octanol–water partition coefficient (Wildman–Crippen LogP) is 2.72. The summed E-state index contributed by atoms with van der Waals surface area (Å²) in [6, 6.07) is 10.6. The van der Waals surface area contributed by atoms with E-state index in [9.17, 15) is 4.79 Å². The van der Waals surface area contributed by atoms with Gasteiger partial charge in [0.25, 0.3) is 0 Å². The van der Waals surface area contributed by atoms with Crippen LogP contribution in [0.15, 0.2) is 42.6 Å². The number of nitrogens with one attached hydrogen (secondary N) is 2. The maximum Gasteiger partial charge on any atom is 0.315 e. The largest absolute Gasteiger partial charge is 0.497 e. The molecule has 7 heteroatoms. The van der Waals surface area contributed by atoms with Gasteiger partial charge >= 0.3 is 6.03 Å². The lowest BCUT2D eigenvalue weighted by atomic mass is 10.3. The summed E-state index contributed by atoms with van der Waals surface area (Å²) in [6.45, 7) is 2.71. The fraction of sp³-hybridized carbons (Fsp3) is 0.333. The van der Waals surface area contributed by atoms with E-state index in [1.165, 1.54) is 0 Å². The summed E-state index contributed by atoms with van der Waals surface area (Å²) >= 11 is 0. The molecule has 2 rings (SSSR count). The number of carbonyl (C=O) groups excluding carboxylic acids is 1. The van der Waals surface area contributed by atoms with Crippen molar-refractivity contribution in [3.8, 4) is 17.4 Å². The number of hydrogen-bond donors (Lipinski definition) is 2. The number of nitrogens with zero attached hydrogens (tertiary/aromatic N) is 1. The van der Waals surface area contributed by atoms with Crippen LogP contribution in [0.2, 0.25) is 0 Å². The van der Waals surface area contributed by atoms with Crippen molar-refractivity contribution in [1.82, 2.24) is 15.6 Å². The van der Waals surface area contributed by atoms with Gasteiger partial charge < -0.3 is 24.8 Å². The van der Waals surface area contributed by atoms with Crippen molar-refractivity contribution in [3.05, 3.63) is 48.2 Å². The smallest absolute Gasteiger partial charge is 0.315 e. The number of ether oxygens (including phenoxy) is 3. The van der Waals surface area contributed by atoms with Gasteiger partial charge in [-0.2, -0.15) is 0 Å². The number of hydrogen-bond acceptors (Lipinski definition) is 5. The minimum atomic E-state index is -0.249. The van der Waals surface area contributed by atoms with Crippen LogP contribution in [0.5, 0.6) is 17.4 Å². The van der Waals surface area contributed by atoms with Crippen molar-refractivity contribution in [2.45, 2.75) is 19.5 Å². The zero-order valence-corrected chi connectivity index (χ0v) is 14.6. The van der Waals surface area contributed by atoms with E-state index in [-0.39, 0.29) is 12.1 Å². The van der Waals surface area contributed by atoms with Gasteiger partial charge in [0.2, 0.25) is 5.88 Å². The molecule has 0 saturated heterocycles. The van der Waals surface area contributed by atoms with E-state index < -0.39 is 0 Å². The molecule has 0 saturated carbocycles. The van der Waals surface area contributed by atoms with Crippen molar-refractivity contribution in [2.75, 3.05) is 20.8 Å². The zero-order chi connectivity index (χ0) is 18.1. The van der Waals surface area contributed by atoms with Gasteiger partial charge in [-0.15, -0.1) is 0 Å². The molecule has 2 N–H and O–H groups in total. The van der Waals surface area contributed by atoms with E-state index >= 15 is 0 Å². The maximum absolute atomic E-state index is 11.7. The molecular weight excluding hydrogens is 322 g/mol. The molecule has 2 amide bonds. The monoisotopic (exact) mass is 345 g/mol. The molecule has 0 radical (unpaired) electrons. The number of rotatable bonds is 8. The Balaban J connectivity index is 1.84. The summed E-state index contributed by atoms with van der Waals surface area (Å²) in [5.74, 6) is 1.83. The third-order valence-electron chi connectivity index (χ3n) is 3.31. The summed E-state index contributed by atoms with van der Waals surface area (Å²) in [5.41, 5.74) is 0.868. The van der Waals surface area contributed by atoms with Gasteiger partial charge in [0, 0.05) is 32.0 Å². The van der Waals surface area contributed by atoms with Gasteiger partial charge in [0.05, 0.1) is 19.8 Å². The Kier molecular flexibility index (Phi) is 7.03. The second kappa shape index (κ2) is 9.48. The first-order chi connectivity index (χ1) is 12.1. The average molecular weight is 345 g/mol. The minimum absolute atomic E-state index is 0.0539. The van der Waals surface area contributed by atoms with Crippen molar-refractivity contribution in [3.63, 3.8) is 0 Å². The highest BCUT2D eigenvalue weighted by Crippen LogP contribution is 2.23. The minimum Gasteiger partial charge on any atom is -0.497 e. The number of benzene rings is 1. The molecule has 7 nitrogen and oxygen atoms in total. The summed E-state index contributed by atoms with van der Waals surface area (Å²) in [4.78, 5) is 16.0. The highest BCUT2D eigenvalue weighted by atomic mass is 16.5. The lowest BCUT2D eigenvalue weighted by Crippen LogP contribution is -2.42. The van der Waals surface area contributed by atoms with Gasteiger partial charge in [-0.25, -0.2) is 9.78 Å². The SMILES string of the molecule is COC[C@H](C)NC(=O)NCc1ccc(Oc2cccc(OC)c2)nc1.